The fraction of sp³-hybridized carbons (Fsp3) is 0.152. The van der Waals surface area contributed by atoms with Crippen molar-refractivity contribution < 1.29 is 9.57 Å². The Kier molecular flexibility index (Phi) is 7.76. The third-order valence-corrected chi connectivity index (χ3v) is 7.91. The van der Waals surface area contributed by atoms with Crippen LogP contribution in [0, 0.1) is 0 Å². The molecule has 1 saturated heterocycles. The van der Waals surface area contributed by atoms with E-state index in [1.165, 1.54) is 0 Å². The molecule has 9 nitrogen and oxygen atoms in total. The summed E-state index contributed by atoms with van der Waals surface area (Å²) in [6.07, 6.45) is 5.52. The van der Waals surface area contributed by atoms with Gasteiger partial charge in [0, 0.05) is 47.8 Å². The summed E-state index contributed by atoms with van der Waals surface area (Å²) in [7, 11) is 0. The maximum absolute atomic E-state index is 5.52. The van der Waals surface area contributed by atoms with E-state index in [2.05, 4.69) is 49.0 Å². The van der Waals surface area contributed by atoms with Gasteiger partial charge in [0.2, 0.25) is 5.95 Å². The van der Waals surface area contributed by atoms with E-state index in [0.29, 0.717) is 12.6 Å². The van der Waals surface area contributed by atoms with Crippen molar-refractivity contribution in [2.75, 3.05) is 36.5 Å². The van der Waals surface area contributed by atoms with E-state index in [1.54, 1.807) is 23.7 Å². The molecule has 43 heavy (non-hydrogen) atoms. The Morgan fingerprint density at radius 1 is 0.953 bits per heavy atom. The van der Waals surface area contributed by atoms with Gasteiger partial charge in [-0.1, -0.05) is 59.8 Å². The number of ether oxygens (including phenoxy) is 1. The highest BCUT2D eigenvalue weighted by molar-refractivity contribution is 7.15. The van der Waals surface area contributed by atoms with Gasteiger partial charge < -0.3 is 19.8 Å². The number of hydrogen-bond acceptors (Lipinski definition) is 9. The maximum atomic E-state index is 5.52. The van der Waals surface area contributed by atoms with E-state index in [4.69, 9.17) is 19.5 Å². The Morgan fingerprint density at radius 2 is 1.84 bits per heavy atom. The standard InChI is InChI=1S/C33H29N7O2S/c1-2-6-24(7-3-1)23-42-35-22-25-8-4-9-26(20-25)30-31(40-16-19-43-33(40)38-30)29-12-13-34-32(37-29)36-27-10-5-11-28(21-27)39-14-17-41-18-15-39/h1-13,16,19-22H,14-15,17-18,23H2,(H,34,36,37)/b35-22+. The van der Waals surface area contributed by atoms with Crippen molar-refractivity contribution in [3.05, 3.63) is 114 Å². The summed E-state index contributed by atoms with van der Waals surface area (Å²) in [6, 6.07) is 28.3. The van der Waals surface area contributed by atoms with Crippen LogP contribution in [-0.4, -0.2) is 51.9 Å². The maximum Gasteiger partial charge on any atom is 0.227 e. The molecular formula is C33H29N7O2S. The molecule has 4 heterocycles. The first kappa shape index (κ1) is 26.8. The fourth-order valence-electron chi connectivity index (χ4n) is 5.06. The smallest absolute Gasteiger partial charge is 0.227 e. The lowest BCUT2D eigenvalue weighted by molar-refractivity contribution is 0.122. The van der Waals surface area contributed by atoms with Gasteiger partial charge in [-0.15, -0.1) is 11.3 Å². The van der Waals surface area contributed by atoms with Crippen molar-refractivity contribution >= 4 is 39.8 Å². The molecule has 214 valence electrons. The van der Waals surface area contributed by atoms with Crippen molar-refractivity contribution in [2.45, 2.75) is 6.61 Å². The normalized spacial score (nSPS) is 13.5. The molecule has 0 radical (unpaired) electrons. The second-order valence-electron chi connectivity index (χ2n) is 10.0. The summed E-state index contributed by atoms with van der Waals surface area (Å²) >= 11 is 1.59. The Morgan fingerprint density at radius 3 is 2.74 bits per heavy atom. The van der Waals surface area contributed by atoms with Crippen molar-refractivity contribution in [3.63, 3.8) is 0 Å². The summed E-state index contributed by atoms with van der Waals surface area (Å²) in [5.41, 5.74) is 7.53. The monoisotopic (exact) mass is 587 g/mol. The zero-order valence-electron chi connectivity index (χ0n) is 23.3. The lowest BCUT2D eigenvalue weighted by Gasteiger charge is -2.29. The van der Waals surface area contributed by atoms with Crippen LogP contribution in [0.1, 0.15) is 11.1 Å². The number of anilines is 3. The van der Waals surface area contributed by atoms with E-state index in [9.17, 15) is 0 Å². The zero-order chi connectivity index (χ0) is 28.8. The second kappa shape index (κ2) is 12.4. The van der Waals surface area contributed by atoms with Crippen molar-refractivity contribution in [3.8, 4) is 22.6 Å². The first-order valence-electron chi connectivity index (χ1n) is 14.1. The summed E-state index contributed by atoms with van der Waals surface area (Å²) in [6.45, 7) is 3.66. The number of rotatable bonds is 9. The number of benzene rings is 3. The number of oxime groups is 1. The lowest BCUT2D eigenvalue weighted by Crippen LogP contribution is -2.36. The molecule has 7 rings (SSSR count). The Hall–Kier alpha value is -5.06. The molecule has 0 unspecified atom stereocenters. The summed E-state index contributed by atoms with van der Waals surface area (Å²) < 4.78 is 7.59. The van der Waals surface area contributed by atoms with Crippen molar-refractivity contribution in [1.29, 1.82) is 0 Å². The minimum absolute atomic E-state index is 0.417. The average Bonchev–Trinajstić information content (AvgIpc) is 3.67. The third kappa shape index (κ3) is 6.11. The van der Waals surface area contributed by atoms with Crippen LogP contribution in [0.15, 0.2) is 108 Å². The molecule has 0 aliphatic carbocycles. The van der Waals surface area contributed by atoms with Gasteiger partial charge in [0.15, 0.2) is 4.96 Å². The molecule has 0 amide bonds. The summed E-state index contributed by atoms with van der Waals surface area (Å²) in [5.74, 6) is 0.518. The van der Waals surface area contributed by atoms with E-state index >= 15 is 0 Å². The van der Waals surface area contributed by atoms with Crippen LogP contribution >= 0.6 is 11.3 Å². The summed E-state index contributed by atoms with van der Waals surface area (Å²) in [4.78, 5) is 23.2. The van der Waals surface area contributed by atoms with Crippen LogP contribution in [0.4, 0.5) is 17.3 Å². The minimum Gasteiger partial charge on any atom is -0.391 e. The average molecular weight is 588 g/mol. The number of nitrogens with zero attached hydrogens (tertiary/aromatic N) is 6. The molecular weight excluding hydrogens is 558 g/mol. The molecule has 0 bridgehead atoms. The third-order valence-electron chi connectivity index (χ3n) is 7.15. The number of thiazole rings is 1. The minimum atomic E-state index is 0.417. The molecule has 3 aromatic carbocycles. The highest BCUT2D eigenvalue weighted by Crippen LogP contribution is 2.34. The lowest BCUT2D eigenvalue weighted by atomic mass is 10.1. The number of aromatic nitrogens is 4. The van der Waals surface area contributed by atoms with Crippen LogP contribution in [0.5, 0.6) is 0 Å². The number of morpholine rings is 1. The Balaban J connectivity index is 1.15. The SMILES string of the molecule is C(=N\OCc1ccccc1)/c1cccc(-c2nc3sccn3c2-c2ccnc(Nc3cccc(N4CCOCC4)c3)n2)c1. The first-order valence-corrected chi connectivity index (χ1v) is 15.0. The van der Waals surface area contributed by atoms with Crippen LogP contribution in [0.2, 0.25) is 0 Å². The second-order valence-corrected chi connectivity index (χ2v) is 10.9. The van der Waals surface area contributed by atoms with Crippen LogP contribution < -0.4 is 10.2 Å². The van der Waals surface area contributed by atoms with Gasteiger partial charge >= 0.3 is 0 Å². The Bertz CT molecular complexity index is 1860. The van der Waals surface area contributed by atoms with Gasteiger partial charge in [0.25, 0.3) is 0 Å². The van der Waals surface area contributed by atoms with Crippen molar-refractivity contribution in [2.24, 2.45) is 5.16 Å². The topological polar surface area (TPSA) is 89.2 Å². The molecule has 0 atom stereocenters. The van der Waals surface area contributed by atoms with Crippen molar-refractivity contribution in [1.82, 2.24) is 19.4 Å². The predicted molar refractivity (Wildman–Crippen MR) is 171 cm³/mol. The molecule has 0 saturated carbocycles. The fourth-order valence-corrected chi connectivity index (χ4v) is 5.78. The van der Waals surface area contributed by atoms with Gasteiger partial charge in [-0.25, -0.2) is 15.0 Å². The van der Waals surface area contributed by atoms with Gasteiger partial charge in [-0.2, -0.15) is 0 Å². The quantitative estimate of drug-likeness (QED) is 0.150. The van der Waals surface area contributed by atoms with Crippen LogP contribution in [0.25, 0.3) is 27.6 Å². The molecule has 3 aromatic heterocycles. The molecule has 1 aliphatic rings. The van der Waals surface area contributed by atoms with Gasteiger partial charge in [0.1, 0.15) is 12.3 Å². The molecule has 0 spiro atoms. The number of fused-ring (bicyclic) bond motifs is 1. The van der Waals surface area contributed by atoms with Gasteiger partial charge in [-0.3, -0.25) is 4.40 Å². The van der Waals surface area contributed by atoms with Gasteiger partial charge in [-0.05, 0) is 41.5 Å². The van der Waals surface area contributed by atoms with E-state index in [1.807, 2.05) is 72.2 Å². The van der Waals surface area contributed by atoms with Crippen LogP contribution in [0.3, 0.4) is 0 Å². The zero-order valence-corrected chi connectivity index (χ0v) is 24.2. The molecule has 1 N–H and O–H groups in total. The van der Waals surface area contributed by atoms with E-state index in [0.717, 1.165) is 76.4 Å². The van der Waals surface area contributed by atoms with E-state index < -0.39 is 0 Å². The first-order chi connectivity index (χ1) is 21.3. The number of imidazole rings is 1. The molecule has 1 aliphatic heterocycles. The molecule has 6 aromatic rings. The van der Waals surface area contributed by atoms with E-state index in [-0.39, 0.29) is 0 Å². The predicted octanol–water partition coefficient (Wildman–Crippen LogP) is 6.65. The summed E-state index contributed by atoms with van der Waals surface area (Å²) in [5, 5.41) is 9.61. The number of nitrogens with one attached hydrogen (secondary N) is 1. The Labute approximate surface area is 253 Å². The largest absolute Gasteiger partial charge is 0.391 e. The van der Waals surface area contributed by atoms with Crippen LogP contribution in [-0.2, 0) is 16.2 Å². The highest BCUT2D eigenvalue weighted by Gasteiger charge is 2.19. The van der Waals surface area contributed by atoms with Gasteiger partial charge in [0.05, 0.1) is 30.8 Å². The molecule has 10 heteroatoms. The molecule has 1 fully saturated rings. The number of hydrogen-bond donors (Lipinski definition) is 1. The highest BCUT2D eigenvalue weighted by atomic mass is 32.1.